The quantitative estimate of drug-likeness (QED) is 0.773. The number of nitrogen functional groups attached to an aromatic ring is 2. The summed E-state index contributed by atoms with van der Waals surface area (Å²) in [5.74, 6) is 0.813. The fourth-order valence-corrected chi connectivity index (χ4v) is 2.18. The van der Waals surface area contributed by atoms with Gasteiger partial charge in [-0.15, -0.1) is 5.10 Å². The molecule has 0 spiro atoms. The summed E-state index contributed by atoms with van der Waals surface area (Å²) in [5, 5.41) is 8.02. The zero-order valence-corrected chi connectivity index (χ0v) is 9.69. The number of aromatic nitrogens is 2. The molecular weight excluding hydrogens is 202 g/mol. The van der Waals surface area contributed by atoms with Crippen molar-refractivity contribution in [2.45, 2.75) is 25.7 Å². The van der Waals surface area contributed by atoms with Gasteiger partial charge in [0.2, 0.25) is 0 Å². The van der Waals surface area contributed by atoms with Crippen LogP contribution >= 0.6 is 0 Å². The number of hydrogen-bond donors (Lipinski definition) is 2. The van der Waals surface area contributed by atoms with Crippen molar-refractivity contribution in [3.8, 4) is 0 Å². The molecule has 16 heavy (non-hydrogen) atoms. The number of rotatable bonds is 2. The monoisotopic (exact) mass is 221 g/mol. The maximum absolute atomic E-state index is 5.74. The third-order valence-electron chi connectivity index (χ3n) is 3.33. The highest BCUT2D eigenvalue weighted by atomic mass is 15.2. The van der Waals surface area contributed by atoms with Crippen LogP contribution in [0.4, 0.5) is 11.5 Å². The number of hydrogen-bond acceptors (Lipinski definition) is 5. The number of nitrogens with two attached hydrogens (primary N) is 2. The minimum Gasteiger partial charge on any atom is -0.396 e. The van der Waals surface area contributed by atoms with E-state index in [0.717, 1.165) is 38.2 Å². The molecule has 0 atom stereocenters. The van der Waals surface area contributed by atoms with Crippen LogP contribution in [-0.4, -0.2) is 34.7 Å². The van der Waals surface area contributed by atoms with Crippen molar-refractivity contribution < 1.29 is 0 Å². The fourth-order valence-electron chi connectivity index (χ4n) is 2.18. The lowest BCUT2D eigenvalue weighted by molar-refractivity contribution is 0.220. The molecule has 0 unspecified atom stereocenters. The Morgan fingerprint density at radius 3 is 2.56 bits per heavy atom. The summed E-state index contributed by atoms with van der Waals surface area (Å²) >= 11 is 0. The third kappa shape index (κ3) is 2.24. The van der Waals surface area contributed by atoms with Gasteiger partial charge in [-0.1, -0.05) is 6.92 Å². The summed E-state index contributed by atoms with van der Waals surface area (Å²) in [4.78, 5) is 2.45. The second-order valence-electron chi connectivity index (χ2n) is 4.32. The predicted octanol–water partition coefficient (Wildman–Crippen LogP) is 0.840. The van der Waals surface area contributed by atoms with Crippen LogP contribution < -0.4 is 11.5 Å². The van der Waals surface area contributed by atoms with E-state index < -0.39 is 0 Å². The molecule has 5 nitrogen and oxygen atoms in total. The van der Waals surface area contributed by atoms with Gasteiger partial charge in [-0.3, -0.25) is 0 Å². The second-order valence-corrected chi connectivity index (χ2v) is 4.32. The summed E-state index contributed by atoms with van der Waals surface area (Å²) in [6.45, 7) is 5.59. The molecule has 2 rings (SSSR count). The molecule has 0 amide bonds. The van der Waals surface area contributed by atoms with E-state index in [1.165, 1.54) is 0 Å². The molecule has 88 valence electrons. The standard InChI is InChI=1S/C11H19N5/c1-2-16-5-3-8(4-6-16)10-7-9(12)11(13)15-14-10/h7-8H,2-6H2,1H3,(H2,12,14)(H2,13,15). The van der Waals surface area contributed by atoms with Crippen LogP contribution in [0, 0.1) is 0 Å². The van der Waals surface area contributed by atoms with E-state index in [-0.39, 0.29) is 0 Å². The van der Waals surface area contributed by atoms with Gasteiger partial charge >= 0.3 is 0 Å². The minimum atomic E-state index is 0.328. The fraction of sp³-hybridized carbons (Fsp3) is 0.636. The van der Waals surface area contributed by atoms with Gasteiger partial charge in [0.1, 0.15) is 0 Å². The average molecular weight is 221 g/mol. The highest BCUT2D eigenvalue weighted by Gasteiger charge is 2.21. The summed E-state index contributed by atoms with van der Waals surface area (Å²) in [6.07, 6.45) is 2.26. The van der Waals surface area contributed by atoms with Crippen molar-refractivity contribution >= 4 is 11.5 Å². The van der Waals surface area contributed by atoms with E-state index in [1.54, 1.807) is 0 Å². The lowest BCUT2D eigenvalue weighted by Gasteiger charge is -2.30. The van der Waals surface area contributed by atoms with Crippen LogP contribution in [-0.2, 0) is 0 Å². The molecule has 0 bridgehead atoms. The molecule has 0 aliphatic carbocycles. The molecule has 5 heteroatoms. The molecule has 0 saturated carbocycles. The van der Waals surface area contributed by atoms with Crippen molar-refractivity contribution in [1.82, 2.24) is 15.1 Å². The molecule has 1 saturated heterocycles. The molecular formula is C11H19N5. The topological polar surface area (TPSA) is 81.1 Å². The van der Waals surface area contributed by atoms with E-state index in [2.05, 4.69) is 22.0 Å². The highest BCUT2D eigenvalue weighted by molar-refractivity contribution is 5.57. The van der Waals surface area contributed by atoms with Gasteiger partial charge in [-0.2, -0.15) is 5.10 Å². The molecule has 4 N–H and O–H groups in total. The molecule has 1 aliphatic heterocycles. The molecule has 0 radical (unpaired) electrons. The Kier molecular flexibility index (Phi) is 3.24. The molecule has 0 aromatic carbocycles. The van der Waals surface area contributed by atoms with Gasteiger partial charge in [0, 0.05) is 5.92 Å². The maximum atomic E-state index is 5.74. The van der Waals surface area contributed by atoms with E-state index in [0.29, 0.717) is 17.4 Å². The second kappa shape index (κ2) is 4.65. The summed E-state index contributed by atoms with van der Waals surface area (Å²) in [6, 6.07) is 1.87. The zero-order valence-electron chi connectivity index (χ0n) is 9.69. The van der Waals surface area contributed by atoms with Crippen molar-refractivity contribution in [3.63, 3.8) is 0 Å². The van der Waals surface area contributed by atoms with Crippen molar-refractivity contribution in [2.24, 2.45) is 0 Å². The van der Waals surface area contributed by atoms with E-state index in [9.17, 15) is 0 Å². The maximum Gasteiger partial charge on any atom is 0.169 e. The molecule has 1 aliphatic rings. The summed E-state index contributed by atoms with van der Waals surface area (Å²) in [7, 11) is 0. The zero-order chi connectivity index (χ0) is 11.5. The number of nitrogens with zero attached hydrogens (tertiary/aromatic N) is 3. The Morgan fingerprint density at radius 1 is 1.31 bits per heavy atom. The Hall–Kier alpha value is -1.36. The first-order chi connectivity index (χ1) is 7.70. The van der Waals surface area contributed by atoms with Crippen molar-refractivity contribution in [1.29, 1.82) is 0 Å². The number of piperidine rings is 1. The third-order valence-corrected chi connectivity index (χ3v) is 3.33. The van der Waals surface area contributed by atoms with E-state index in [1.807, 2.05) is 6.07 Å². The summed E-state index contributed by atoms with van der Waals surface area (Å²) in [5.41, 5.74) is 12.8. The van der Waals surface area contributed by atoms with Crippen molar-refractivity contribution in [2.75, 3.05) is 31.1 Å². The van der Waals surface area contributed by atoms with Crippen molar-refractivity contribution in [3.05, 3.63) is 11.8 Å². The predicted molar refractivity (Wildman–Crippen MR) is 64.9 cm³/mol. The Balaban J connectivity index is 2.05. The van der Waals surface area contributed by atoms with Crippen LogP contribution in [0.15, 0.2) is 6.07 Å². The first-order valence-corrected chi connectivity index (χ1v) is 5.81. The first-order valence-electron chi connectivity index (χ1n) is 5.81. The largest absolute Gasteiger partial charge is 0.396 e. The first kappa shape index (κ1) is 11.1. The van der Waals surface area contributed by atoms with Gasteiger partial charge < -0.3 is 16.4 Å². The molecule has 1 aromatic heterocycles. The molecule has 1 aromatic rings. The Bertz CT molecular complexity index is 357. The van der Waals surface area contributed by atoms with Crippen LogP contribution in [0.2, 0.25) is 0 Å². The number of likely N-dealkylation sites (tertiary alicyclic amines) is 1. The lowest BCUT2D eigenvalue weighted by Crippen LogP contribution is -2.32. The van der Waals surface area contributed by atoms with Crippen LogP contribution in [0.25, 0.3) is 0 Å². The van der Waals surface area contributed by atoms with Gasteiger partial charge in [-0.25, -0.2) is 0 Å². The van der Waals surface area contributed by atoms with Gasteiger partial charge in [0.05, 0.1) is 11.4 Å². The van der Waals surface area contributed by atoms with Crippen LogP contribution in [0.1, 0.15) is 31.4 Å². The van der Waals surface area contributed by atoms with E-state index in [4.69, 9.17) is 11.5 Å². The SMILES string of the molecule is CCN1CCC(c2cc(N)c(N)nn2)CC1. The van der Waals surface area contributed by atoms with Gasteiger partial charge in [0.25, 0.3) is 0 Å². The Morgan fingerprint density at radius 2 is 2.00 bits per heavy atom. The molecule has 1 fully saturated rings. The molecule has 2 heterocycles. The van der Waals surface area contributed by atoms with Crippen LogP contribution in [0.5, 0.6) is 0 Å². The average Bonchev–Trinajstić information content (AvgIpc) is 2.33. The van der Waals surface area contributed by atoms with Gasteiger partial charge in [-0.05, 0) is 38.5 Å². The van der Waals surface area contributed by atoms with Crippen LogP contribution in [0.3, 0.4) is 0 Å². The minimum absolute atomic E-state index is 0.328. The highest BCUT2D eigenvalue weighted by Crippen LogP contribution is 2.27. The van der Waals surface area contributed by atoms with Gasteiger partial charge in [0.15, 0.2) is 5.82 Å². The normalized spacial score (nSPS) is 18.8. The Labute approximate surface area is 95.8 Å². The summed E-state index contributed by atoms with van der Waals surface area (Å²) < 4.78 is 0. The smallest absolute Gasteiger partial charge is 0.169 e. The lowest BCUT2D eigenvalue weighted by atomic mass is 9.93. The van der Waals surface area contributed by atoms with E-state index >= 15 is 0 Å². The number of anilines is 2.